The van der Waals surface area contributed by atoms with E-state index in [0.717, 1.165) is 6.07 Å². The van der Waals surface area contributed by atoms with Crippen LogP contribution in [0.1, 0.15) is 51.9 Å². The summed E-state index contributed by atoms with van der Waals surface area (Å²) in [5.74, 6) is -3.66. The minimum absolute atomic E-state index is 0.108. The first-order valence-corrected chi connectivity index (χ1v) is 13.9. The van der Waals surface area contributed by atoms with Gasteiger partial charge in [-0.2, -0.15) is 13.2 Å². The first-order chi connectivity index (χ1) is 21.7. The number of carboxylic acid groups (broad SMARTS) is 1. The zero-order valence-corrected chi connectivity index (χ0v) is 24.7. The quantitative estimate of drug-likeness (QED) is 0.255. The predicted molar refractivity (Wildman–Crippen MR) is 156 cm³/mol. The average molecular weight is 643 g/mol. The number of amides is 1. The lowest BCUT2D eigenvalue weighted by Crippen LogP contribution is -2.41. The zero-order chi connectivity index (χ0) is 33.5. The highest BCUT2D eigenvalue weighted by molar-refractivity contribution is 5.85. The fourth-order valence-electron chi connectivity index (χ4n) is 5.53. The Balaban J connectivity index is 1.79. The van der Waals surface area contributed by atoms with Gasteiger partial charge in [0, 0.05) is 35.0 Å². The van der Waals surface area contributed by atoms with Gasteiger partial charge in [-0.1, -0.05) is 6.07 Å². The van der Waals surface area contributed by atoms with E-state index < -0.39 is 64.9 Å². The van der Waals surface area contributed by atoms with Crippen molar-refractivity contribution in [3.05, 3.63) is 116 Å². The molecule has 5 rings (SSSR count). The molecule has 2 atom stereocenters. The standard InChI is InChI=1S/C33H27F5N2O6/c1-16-9-21(45-3)13-26-29(16)19-8-17(2)30(35)23(11-19)25(14-28(42)43)39-32(44)31(22-10-18(15-46-26)4-5-24(22)34)40-7-6-20(12-27(40)41)33(36,37)38/h4-13,25,31H,14-15H2,1-3H3,(H,39,44)(H,42,43). The second-order valence-corrected chi connectivity index (χ2v) is 10.9. The molecule has 2 heterocycles. The summed E-state index contributed by atoms with van der Waals surface area (Å²) in [6.45, 7) is 3.04. The number of ether oxygens (including phenoxy) is 2. The van der Waals surface area contributed by atoms with E-state index in [1.807, 2.05) is 0 Å². The van der Waals surface area contributed by atoms with Gasteiger partial charge in [-0.05, 0) is 72.5 Å². The molecule has 46 heavy (non-hydrogen) atoms. The molecule has 2 unspecified atom stereocenters. The number of aryl methyl sites for hydroxylation is 2. The Hall–Kier alpha value is -5.20. The van der Waals surface area contributed by atoms with Crippen molar-refractivity contribution < 1.29 is 46.1 Å². The average Bonchev–Trinajstić information content (AvgIpc) is 2.97. The van der Waals surface area contributed by atoms with Crippen molar-refractivity contribution in [2.45, 2.75) is 45.1 Å². The van der Waals surface area contributed by atoms with Gasteiger partial charge in [0.25, 0.3) is 5.56 Å². The van der Waals surface area contributed by atoms with Crippen molar-refractivity contribution >= 4 is 11.9 Å². The normalized spacial score (nSPS) is 16.5. The highest BCUT2D eigenvalue weighted by Gasteiger charge is 2.35. The number of hydrogen-bond donors (Lipinski definition) is 2. The number of rotatable bonds is 4. The topological polar surface area (TPSA) is 107 Å². The molecular weight excluding hydrogens is 615 g/mol. The van der Waals surface area contributed by atoms with Gasteiger partial charge in [0.05, 0.1) is 25.1 Å². The number of pyridine rings is 1. The molecule has 13 heteroatoms. The van der Waals surface area contributed by atoms with Crippen LogP contribution >= 0.6 is 0 Å². The van der Waals surface area contributed by atoms with Crippen LogP contribution in [0.5, 0.6) is 11.5 Å². The SMILES string of the molecule is COc1cc(C)c2c(c1)OCc1ccc(F)c(c1)C(n1ccc(C(F)(F)F)cc1=O)C(=O)NC(CC(=O)O)c1cc-2cc(C)c1F. The summed E-state index contributed by atoms with van der Waals surface area (Å²) in [5.41, 5.74) is -1.16. The van der Waals surface area contributed by atoms with Crippen LogP contribution in [0.2, 0.25) is 0 Å². The number of nitrogens with zero attached hydrogens (tertiary/aromatic N) is 1. The lowest BCUT2D eigenvalue weighted by atomic mass is 9.91. The number of hydrogen-bond acceptors (Lipinski definition) is 5. The monoisotopic (exact) mass is 642 g/mol. The summed E-state index contributed by atoms with van der Waals surface area (Å²) in [6, 6.07) is 7.16. The summed E-state index contributed by atoms with van der Waals surface area (Å²) in [5, 5.41) is 12.2. The summed E-state index contributed by atoms with van der Waals surface area (Å²) >= 11 is 0. The smallest absolute Gasteiger partial charge is 0.416 e. The Morgan fingerprint density at radius 2 is 1.76 bits per heavy atom. The first-order valence-electron chi connectivity index (χ1n) is 13.9. The van der Waals surface area contributed by atoms with Crippen LogP contribution in [0.4, 0.5) is 22.0 Å². The third-order valence-corrected chi connectivity index (χ3v) is 7.70. The Bertz CT molecular complexity index is 1920. The van der Waals surface area contributed by atoms with Gasteiger partial charge < -0.3 is 19.9 Å². The maximum Gasteiger partial charge on any atom is 0.416 e. The van der Waals surface area contributed by atoms with Gasteiger partial charge in [-0.3, -0.25) is 19.0 Å². The second-order valence-electron chi connectivity index (χ2n) is 10.9. The zero-order valence-electron chi connectivity index (χ0n) is 24.7. The van der Waals surface area contributed by atoms with Gasteiger partial charge in [0.15, 0.2) is 0 Å². The van der Waals surface area contributed by atoms with E-state index in [0.29, 0.717) is 50.6 Å². The van der Waals surface area contributed by atoms with Crippen LogP contribution < -0.4 is 20.3 Å². The van der Waals surface area contributed by atoms with Gasteiger partial charge >= 0.3 is 12.1 Å². The lowest BCUT2D eigenvalue weighted by Gasteiger charge is -2.26. The summed E-state index contributed by atoms with van der Waals surface area (Å²) in [4.78, 5) is 38.9. The van der Waals surface area contributed by atoms with Crippen LogP contribution in [-0.2, 0) is 22.4 Å². The molecule has 0 saturated carbocycles. The first kappa shape index (κ1) is 32.2. The van der Waals surface area contributed by atoms with E-state index in [4.69, 9.17) is 9.47 Å². The number of benzene rings is 3. The molecule has 8 nitrogen and oxygen atoms in total. The summed E-state index contributed by atoms with van der Waals surface area (Å²) in [6.07, 6.45) is -5.01. The van der Waals surface area contributed by atoms with Crippen LogP contribution in [0.15, 0.2) is 65.6 Å². The lowest BCUT2D eigenvalue weighted by molar-refractivity contribution is -0.138. The number of aromatic nitrogens is 1. The van der Waals surface area contributed by atoms with Crippen molar-refractivity contribution in [1.29, 1.82) is 0 Å². The number of carboxylic acids is 1. The Morgan fingerprint density at radius 1 is 1.02 bits per heavy atom. The molecule has 0 radical (unpaired) electrons. The van der Waals surface area contributed by atoms with E-state index in [9.17, 15) is 32.7 Å². The number of carbonyl (C=O) groups excluding carboxylic acids is 1. The Morgan fingerprint density at radius 3 is 2.41 bits per heavy atom. The van der Waals surface area contributed by atoms with E-state index in [1.165, 1.54) is 38.3 Å². The number of alkyl halides is 3. The van der Waals surface area contributed by atoms with Crippen molar-refractivity contribution in [3.8, 4) is 22.6 Å². The molecule has 1 aliphatic heterocycles. The molecule has 0 aliphatic carbocycles. The number of methoxy groups -OCH3 is 1. The van der Waals surface area contributed by atoms with Crippen molar-refractivity contribution in [2.75, 3.05) is 7.11 Å². The number of fused-ring (bicyclic) bond motifs is 6. The van der Waals surface area contributed by atoms with Gasteiger partial charge in [0.1, 0.15) is 35.8 Å². The Kier molecular flexibility index (Phi) is 8.61. The number of carbonyl (C=O) groups is 2. The minimum Gasteiger partial charge on any atom is -0.497 e. The maximum absolute atomic E-state index is 15.8. The molecule has 4 aromatic rings. The molecule has 4 bridgehead atoms. The van der Waals surface area contributed by atoms with Gasteiger partial charge in [0.2, 0.25) is 5.91 Å². The Labute approximate surface area is 259 Å². The van der Waals surface area contributed by atoms with Crippen LogP contribution in [0, 0.1) is 25.5 Å². The highest BCUT2D eigenvalue weighted by Crippen LogP contribution is 2.40. The minimum atomic E-state index is -4.88. The molecule has 240 valence electrons. The molecule has 3 aromatic carbocycles. The van der Waals surface area contributed by atoms with Crippen LogP contribution in [0.3, 0.4) is 0 Å². The van der Waals surface area contributed by atoms with Crippen molar-refractivity contribution in [2.24, 2.45) is 0 Å². The molecule has 0 fully saturated rings. The summed E-state index contributed by atoms with van der Waals surface area (Å²) < 4.78 is 83.5. The van der Waals surface area contributed by atoms with E-state index >= 15 is 8.78 Å². The molecule has 1 aromatic heterocycles. The van der Waals surface area contributed by atoms with Gasteiger partial charge in [-0.15, -0.1) is 0 Å². The molecular formula is C33H27F5N2O6. The van der Waals surface area contributed by atoms with Crippen LogP contribution in [0.25, 0.3) is 11.1 Å². The fraction of sp³-hybridized carbons (Fsp3) is 0.242. The highest BCUT2D eigenvalue weighted by atomic mass is 19.4. The largest absolute Gasteiger partial charge is 0.497 e. The molecule has 1 aliphatic rings. The van der Waals surface area contributed by atoms with E-state index in [-0.39, 0.29) is 23.8 Å². The van der Waals surface area contributed by atoms with E-state index in [2.05, 4.69) is 5.32 Å². The number of halogens is 5. The predicted octanol–water partition coefficient (Wildman–Crippen LogP) is 6.25. The van der Waals surface area contributed by atoms with E-state index in [1.54, 1.807) is 19.1 Å². The van der Waals surface area contributed by atoms with Gasteiger partial charge in [-0.25, -0.2) is 8.78 Å². The maximum atomic E-state index is 15.8. The molecule has 1 amide bonds. The third kappa shape index (κ3) is 6.30. The number of aliphatic carboxylic acids is 1. The molecule has 0 spiro atoms. The second kappa shape index (κ2) is 12.3. The molecule has 2 N–H and O–H groups in total. The fourth-order valence-corrected chi connectivity index (χ4v) is 5.53. The van der Waals surface area contributed by atoms with Crippen molar-refractivity contribution in [1.82, 2.24) is 9.88 Å². The van der Waals surface area contributed by atoms with Crippen molar-refractivity contribution in [3.63, 3.8) is 0 Å². The summed E-state index contributed by atoms with van der Waals surface area (Å²) in [7, 11) is 1.46. The third-order valence-electron chi connectivity index (χ3n) is 7.70. The molecule has 0 saturated heterocycles. The van der Waals surface area contributed by atoms with Crippen LogP contribution in [-0.4, -0.2) is 28.7 Å². The number of nitrogens with one attached hydrogen (secondary N) is 1.